The molecule has 1 aliphatic heterocycles. The molecule has 0 amide bonds. The van der Waals surface area contributed by atoms with Crippen molar-refractivity contribution < 1.29 is 9.47 Å². The first-order valence-corrected chi connectivity index (χ1v) is 7.11. The Kier molecular flexibility index (Phi) is 5.22. The molecule has 0 aliphatic carbocycles. The summed E-state index contributed by atoms with van der Waals surface area (Å²) >= 11 is 0. The van der Waals surface area contributed by atoms with Gasteiger partial charge in [0.25, 0.3) is 0 Å². The Bertz CT molecular complexity index is 224. The zero-order valence-electron chi connectivity index (χ0n) is 13.1. The van der Waals surface area contributed by atoms with E-state index in [1.807, 2.05) is 0 Å². The topological polar surface area (TPSA) is 30.5 Å². The molecule has 1 heterocycles. The molecule has 0 aromatic heterocycles. The average molecular weight is 257 g/mol. The fourth-order valence-electron chi connectivity index (χ4n) is 2.03. The van der Waals surface area contributed by atoms with Gasteiger partial charge in [0.15, 0.2) is 0 Å². The van der Waals surface area contributed by atoms with E-state index in [1.165, 1.54) is 0 Å². The van der Waals surface area contributed by atoms with Crippen LogP contribution in [0.15, 0.2) is 0 Å². The minimum atomic E-state index is -0.0698. The maximum atomic E-state index is 6.03. The van der Waals surface area contributed by atoms with Crippen LogP contribution in [0.5, 0.6) is 0 Å². The highest BCUT2D eigenvalue weighted by Crippen LogP contribution is 2.32. The molecule has 1 aliphatic rings. The lowest BCUT2D eigenvalue weighted by atomic mass is 9.80. The van der Waals surface area contributed by atoms with Crippen molar-refractivity contribution in [2.75, 3.05) is 26.3 Å². The second-order valence-electron chi connectivity index (χ2n) is 7.55. The molecule has 18 heavy (non-hydrogen) atoms. The quantitative estimate of drug-likeness (QED) is 0.840. The third-order valence-electron chi connectivity index (χ3n) is 3.29. The van der Waals surface area contributed by atoms with Gasteiger partial charge in [-0.25, -0.2) is 0 Å². The van der Waals surface area contributed by atoms with Crippen molar-refractivity contribution in [3.63, 3.8) is 0 Å². The summed E-state index contributed by atoms with van der Waals surface area (Å²) in [6, 6.07) is 0. The van der Waals surface area contributed by atoms with Crippen LogP contribution in [-0.2, 0) is 9.47 Å². The molecule has 0 atom stereocenters. The van der Waals surface area contributed by atoms with Crippen molar-refractivity contribution >= 4 is 0 Å². The van der Waals surface area contributed by atoms with E-state index in [9.17, 15) is 0 Å². The van der Waals surface area contributed by atoms with Crippen LogP contribution in [0.2, 0.25) is 0 Å². The Labute approximate surface area is 113 Å². The molecular formula is C15H31NO2. The van der Waals surface area contributed by atoms with E-state index < -0.39 is 0 Å². The first-order chi connectivity index (χ1) is 8.12. The lowest BCUT2D eigenvalue weighted by molar-refractivity contribution is -0.116. The molecule has 0 spiro atoms. The van der Waals surface area contributed by atoms with Crippen LogP contribution < -0.4 is 5.32 Å². The highest BCUT2D eigenvalue weighted by Gasteiger charge is 2.35. The van der Waals surface area contributed by atoms with Crippen molar-refractivity contribution in [2.45, 2.75) is 65.6 Å². The Balaban J connectivity index is 2.57. The lowest BCUT2D eigenvalue weighted by Gasteiger charge is -2.40. The van der Waals surface area contributed by atoms with Crippen molar-refractivity contribution in [3.8, 4) is 0 Å². The molecule has 0 aromatic rings. The smallest absolute Gasteiger partial charge is 0.0598 e. The summed E-state index contributed by atoms with van der Waals surface area (Å²) in [5, 5.41) is 3.42. The summed E-state index contributed by atoms with van der Waals surface area (Å²) in [5.41, 5.74) is 0.0467. The van der Waals surface area contributed by atoms with E-state index in [2.05, 4.69) is 46.9 Å². The number of hydrogen-bond donors (Lipinski definition) is 1. The van der Waals surface area contributed by atoms with Crippen LogP contribution in [0.25, 0.3) is 0 Å². The zero-order valence-corrected chi connectivity index (χ0v) is 13.1. The number of nitrogens with one attached hydrogen (secondary N) is 1. The van der Waals surface area contributed by atoms with Crippen LogP contribution in [0, 0.1) is 5.41 Å². The van der Waals surface area contributed by atoms with Gasteiger partial charge in [0.2, 0.25) is 0 Å². The molecule has 0 bridgehead atoms. The minimum absolute atomic E-state index is 0.0698. The summed E-state index contributed by atoms with van der Waals surface area (Å²) in [6.07, 6.45) is 2.28. The number of piperidine rings is 1. The van der Waals surface area contributed by atoms with Crippen molar-refractivity contribution in [3.05, 3.63) is 0 Å². The van der Waals surface area contributed by atoms with Crippen LogP contribution >= 0.6 is 0 Å². The first-order valence-electron chi connectivity index (χ1n) is 7.11. The largest absolute Gasteiger partial charge is 0.375 e. The predicted molar refractivity (Wildman–Crippen MR) is 75.9 cm³/mol. The minimum Gasteiger partial charge on any atom is -0.375 e. The molecule has 0 radical (unpaired) electrons. The van der Waals surface area contributed by atoms with Gasteiger partial charge < -0.3 is 14.8 Å². The fraction of sp³-hybridized carbons (Fsp3) is 1.00. The normalized spacial score (nSPS) is 21.0. The molecule has 0 aromatic carbocycles. The summed E-state index contributed by atoms with van der Waals surface area (Å²) < 4.78 is 12.1. The summed E-state index contributed by atoms with van der Waals surface area (Å²) in [7, 11) is 0. The Morgan fingerprint density at radius 2 is 1.22 bits per heavy atom. The van der Waals surface area contributed by atoms with E-state index in [1.54, 1.807) is 0 Å². The van der Waals surface area contributed by atoms with E-state index in [4.69, 9.17) is 9.47 Å². The van der Waals surface area contributed by atoms with E-state index in [-0.39, 0.29) is 16.6 Å². The van der Waals surface area contributed by atoms with Gasteiger partial charge in [0.1, 0.15) is 0 Å². The van der Waals surface area contributed by atoms with Gasteiger partial charge in [0, 0.05) is 5.41 Å². The Morgan fingerprint density at radius 3 is 1.56 bits per heavy atom. The third kappa shape index (κ3) is 6.17. The zero-order chi connectivity index (χ0) is 13.9. The first kappa shape index (κ1) is 15.9. The van der Waals surface area contributed by atoms with Crippen LogP contribution in [0.3, 0.4) is 0 Å². The van der Waals surface area contributed by atoms with Gasteiger partial charge in [-0.2, -0.15) is 0 Å². The summed E-state index contributed by atoms with van der Waals surface area (Å²) in [6.45, 7) is 16.4. The van der Waals surface area contributed by atoms with Crippen LogP contribution in [-0.4, -0.2) is 37.5 Å². The molecule has 3 heteroatoms. The Hall–Kier alpha value is -0.120. The van der Waals surface area contributed by atoms with E-state index >= 15 is 0 Å². The molecule has 0 saturated carbocycles. The third-order valence-corrected chi connectivity index (χ3v) is 3.29. The maximum Gasteiger partial charge on any atom is 0.0598 e. The standard InChI is InChI=1S/C15H31NO2/c1-13(2,3)17-11-15(7-9-16-10-8-15)12-18-14(4,5)6/h16H,7-12H2,1-6H3. The van der Waals surface area contributed by atoms with Gasteiger partial charge >= 0.3 is 0 Å². The molecule has 0 unspecified atom stereocenters. The van der Waals surface area contributed by atoms with E-state index in [0.717, 1.165) is 39.1 Å². The molecule has 1 fully saturated rings. The van der Waals surface area contributed by atoms with Crippen molar-refractivity contribution in [2.24, 2.45) is 5.41 Å². The van der Waals surface area contributed by atoms with Crippen molar-refractivity contribution in [1.82, 2.24) is 5.32 Å². The number of rotatable bonds is 4. The van der Waals surface area contributed by atoms with Gasteiger partial charge in [0.05, 0.1) is 24.4 Å². The highest BCUT2D eigenvalue weighted by molar-refractivity contribution is 4.86. The summed E-state index contributed by atoms with van der Waals surface area (Å²) in [4.78, 5) is 0. The predicted octanol–water partition coefficient (Wildman–Crippen LogP) is 2.99. The van der Waals surface area contributed by atoms with E-state index in [0.29, 0.717) is 0 Å². The molecular weight excluding hydrogens is 226 g/mol. The number of hydrogen-bond acceptors (Lipinski definition) is 3. The Morgan fingerprint density at radius 1 is 0.833 bits per heavy atom. The van der Waals surface area contributed by atoms with Crippen molar-refractivity contribution in [1.29, 1.82) is 0 Å². The molecule has 1 N–H and O–H groups in total. The SMILES string of the molecule is CC(C)(C)OCC1(COC(C)(C)C)CCNCC1. The average Bonchev–Trinajstić information content (AvgIpc) is 2.24. The lowest BCUT2D eigenvalue weighted by Crippen LogP contribution is -2.45. The van der Waals surface area contributed by atoms with Gasteiger partial charge in [-0.05, 0) is 67.5 Å². The fourth-order valence-corrected chi connectivity index (χ4v) is 2.03. The maximum absolute atomic E-state index is 6.03. The molecule has 108 valence electrons. The monoisotopic (exact) mass is 257 g/mol. The van der Waals surface area contributed by atoms with Crippen LogP contribution in [0.1, 0.15) is 54.4 Å². The molecule has 3 nitrogen and oxygen atoms in total. The molecule has 1 saturated heterocycles. The van der Waals surface area contributed by atoms with Gasteiger partial charge in [-0.15, -0.1) is 0 Å². The highest BCUT2D eigenvalue weighted by atomic mass is 16.5. The second kappa shape index (κ2) is 5.89. The van der Waals surface area contributed by atoms with Gasteiger partial charge in [-0.1, -0.05) is 0 Å². The van der Waals surface area contributed by atoms with Gasteiger partial charge in [-0.3, -0.25) is 0 Å². The number of ether oxygens (including phenoxy) is 2. The second-order valence-corrected chi connectivity index (χ2v) is 7.55. The molecule has 1 rings (SSSR count). The summed E-state index contributed by atoms with van der Waals surface area (Å²) in [5.74, 6) is 0. The van der Waals surface area contributed by atoms with Crippen LogP contribution in [0.4, 0.5) is 0 Å².